The molecule has 1 fully saturated rings. The van der Waals surface area contributed by atoms with Crippen LogP contribution in [-0.4, -0.2) is 30.0 Å². The lowest BCUT2D eigenvalue weighted by Crippen LogP contribution is -2.50. The van der Waals surface area contributed by atoms with Gasteiger partial charge in [0.05, 0.1) is 11.4 Å². The summed E-state index contributed by atoms with van der Waals surface area (Å²) < 4.78 is 0. The minimum atomic E-state index is -1.27. The molecule has 1 spiro atoms. The molecular weight excluding hydrogens is 446 g/mol. The average Bonchev–Trinajstić information content (AvgIpc) is 3.25. The van der Waals surface area contributed by atoms with Crippen molar-refractivity contribution in [1.29, 1.82) is 0 Å². The standard InChI is InChI=1S/C24H18ClN3O3S/c25-16-7-6-10-18(13-16)28-22(30)15-32-24(28)19-11-4-5-12-20(19)27(23(24)31)14-21(29)26-17-8-2-1-3-9-17/h1-13H,14-15H2,(H,26,29)/t24-/m1/s1. The summed E-state index contributed by atoms with van der Waals surface area (Å²) in [4.78, 5) is 41.3. The quantitative estimate of drug-likeness (QED) is 0.627. The van der Waals surface area contributed by atoms with Gasteiger partial charge in [0.2, 0.25) is 16.7 Å². The van der Waals surface area contributed by atoms with Crippen molar-refractivity contribution in [1.82, 2.24) is 0 Å². The molecule has 5 rings (SSSR count). The number of hydrogen-bond donors (Lipinski definition) is 1. The summed E-state index contributed by atoms with van der Waals surface area (Å²) in [5.41, 5.74) is 2.51. The maximum Gasteiger partial charge on any atom is 0.269 e. The summed E-state index contributed by atoms with van der Waals surface area (Å²) in [5, 5.41) is 3.29. The van der Waals surface area contributed by atoms with Gasteiger partial charge in [-0.05, 0) is 36.4 Å². The zero-order valence-electron chi connectivity index (χ0n) is 16.8. The van der Waals surface area contributed by atoms with E-state index in [1.807, 2.05) is 36.4 Å². The molecule has 32 heavy (non-hydrogen) atoms. The minimum Gasteiger partial charge on any atom is -0.325 e. The summed E-state index contributed by atoms with van der Waals surface area (Å²) in [7, 11) is 0. The van der Waals surface area contributed by atoms with E-state index in [4.69, 9.17) is 11.6 Å². The van der Waals surface area contributed by atoms with Crippen molar-refractivity contribution in [3.05, 3.63) is 89.4 Å². The molecule has 3 aromatic rings. The number of hydrogen-bond acceptors (Lipinski definition) is 4. The first-order valence-electron chi connectivity index (χ1n) is 9.99. The second kappa shape index (κ2) is 8.00. The van der Waals surface area contributed by atoms with E-state index in [9.17, 15) is 14.4 Å². The predicted molar refractivity (Wildman–Crippen MR) is 127 cm³/mol. The van der Waals surface area contributed by atoms with Gasteiger partial charge in [0, 0.05) is 22.0 Å². The molecule has 1 saturated heterocycles. The minimum absolute atomic E-state index is 0.149. The van der Waals surface area contributed by atoms with Gasteiger partial charge in [-0.3, -0.25) is 24.2 Å². The van der Waals surface area contributed by atoms with Crippen LogP contribution in [0.2, 0.25) is 5.02 Å². The fourth-order valence-corrected chi connectivity index (χ4v) is 5.74. The van der Waals surface area contributed by atoms with Gasteiger partial charge in [-0.25, -0.2) is 0 Å². The smallest absolute Gasteiger partial charge is 0.269 e. The molecule has 160 valence electrons. The Hall–Kier alpha value is -3.29. The Morgan fingerprint density at radius 3 is 2.53 bits per heavy atom. The number of carbonyl (C=O) groups is 3. The highest BCUT2D eigenvalue weighted by atomic mass is 35.5. The van der Waals surface area contributed by atoms with E-state index in [1.165, 1.54) is 21.6 Å². The molecule has 6 nitrogen and oxygen atoms in total. The molecule has 3 amide bonds. The predicted octanol–water partition coefficient (Wildman–Crippen LogP) is 4.26. The molecule has 0 saturated carbocycles. The number of para-hydroxylation sites is 2. The van der Waals surface area contributed by atoms with Gasteiger partial charge in [0.1, 0.15) is 6.54 Å². The number of benzene rings is 3. The number of amides is 3. The van der Waals surface area contributed by atoms with Crippen molar-refractivity contribution in [2.24, 2.45) is 0 Å². The molecule has 0 aromatic heterocycles. The maximum absolute atomic E-state index is 13.9. The monoisotopic (exact) mass is 463 g/mol. The number of rotatable bonds is 4. The molecule has 0 bridgehead atoms. The number of thioether (sulfide) groups is 1. The fraction of sp³-hybridized carbons (Fsp3) is 0.125. The van der Waals surface area contributed by atoms with E-state index in [1.54, 1.807) is 42.5 Å². The van der Waals surface area contributed by atoms with Crippen molar-refractivity contribution >= 4 is 58.1 Å². The molecule has 0 unspecified atom stereocenters. The molecule has 2 aliphatic rings. The molecule has 1 N–H and O–H groups in total. The van der Waals surface area contributed by atoms with E-state index >= 15 is 0 Å². The summed E-state index contributed by atoms with van der Waals surface area (Å²) in [6, 6.07) is 23.3. The van der Waals surface area contributed by atoms with Crippen molar-refractivity contribution in [3.8, 4) is 0 Å². The number of halogens is 1. The highest BCUT2D eigenvalue weighted by Crippen LogP contribution is 2.55. The first-order chi connectivity index (χ1) is 15.5. The first-order valence-corrected chi connectivity index (χ1v) is 11.4. The third kappa shape index (κ3) is 3.25. The molecule has 0 radical (unpaired) electrons. The molecule has 2 heterocycles. The van der Waals surface area contributed by atoms with Crippen LogP contribution in [0.3, 0.4) is 0 Å². The first kappa shape index (κ1) is 20.6. The van der Waals surface area contributed by atoms with Crippen LogP contribution in [0.25, 0.3) is 0 Å². The van der Waals surface area contributed by atoms with Gasteiger partial charge in [-0.2, -0.15) is 0 Å². The van der Waals surface area contributed by atoms with Crippen LogP contribution >= 0.6 is 23.4 Å². The van der Waals surface area contributed by atoms with Gasteiger partial charge in [-0.1, -0.05) is 54.1 Å². The third-order valence-electron chi connectivity index (χ3n) is 5.49. The van der Waals surface area contributed by atoms with Crippen LogP contribution < -0.4 is 15.1 Å². The Bertz CT molecular complexity index is 1240. The van der Waals surface area contributed by atoms with Crippen LogP contribution in [0.4, 0.5) is 17.1 Å². The van der Waals surface area contributed by atoms with Crippen LogP contribution in [0.1, 0.15) is 5.56 Å². The van der Waals surface area contributed by atoms with E-state index in [0.29, 0.717) is 27.6 Å². The molecule has 2 aliphatic heterocycles. The molecule has 3 aromatic carbocycles. The van der Waals surface area contributed by atoms with Crippen molar-refractivity contribution in [3.63, 3.8) is 0 Å². The van der Waals surface area contributed by atoms with E-state index < -0.39 is 4.87 Å². The van der Waals surface area contributed by atoms with Crippen LogP contribution in [0.15, 0.2) is 78.9 Å². The second-order valence-corrected chi connectivity index (χ2v) is 9.07. The Morgan fingerprint density at radius 2 is 1.75 bits per heavy atom. The Kier molecular flexibility index (Phi) is 5.15. The van der Waals surface area contributed by atoms with Gasteiger partial charge in [0.25, 0.3) is 5.91 Å². The highest BCUT2D eigenvalue weighted by Gasteiger charge is 2.61. The second-order valence-electron chi connectivity index (χ2n) is 7.46. The summed E-state index contributed by atoms with van der Waals surface area (Å²) in [6.45, 7) is -0.162. The van der Waals surface area contributed by atoms with E-state index in [2.05, 4.69) is 5.32 Å². The number of nitrogens with one attached hydrogen (secondary N) is 1. The van der Waals surface area contributed by atoms with E-state index in [-0.39, 0.29) is 30.0 Å². The fourth-order valence-electron chi connectivity index (χ4n) is 4.19. The number of anilines is 3. The van der Waals surface area contributed by atoms with E-state index in [0.717, 1.165) is 0 Å². The number of nitrogens with zero attached hydrogens (tertiary/aromatic N) is 2. The molecule has 8 heteroatoms. The highest BCUT2D eigenvalue weighted by molar-refractivity contribution is 8.02. The Morgan fingerprint density at radius 1 is 1.00 bits per heavy atom. The van der Waals surface area contributed by atoms with Crippen LogP contribution in [-0.2, 0) is 19.3 Å². The van der Waals surface area contributed by atoms with Gasteiger partial charge >= 0.3 is 0 Å². The lowest BCUT2D eigenvalue weighted by molar-refractivity contribution is -0.124. The summed E-state index contributed by atoms with van der Waals surface area (Å²) in [6.07, 6.45) is 0. The molecule has 0 aliphatic carbocycles. The zero-order valence-corrected chi connectivity index (χ0v) is 18.4. The summed E-state index contributed by atoms with van der Waals surface area (Å²) in [5.74, 6) is -0.676. The maximum atomic E-state index is 13.9. The van der Waals surface area contributed by atoms with Crippen molar-refractivity contribution in [2.75, 3.05) is 27.4 Å². The lowest BCUT2D eigenvalue weighted by atomic mass is 10.0. The largest absolute Gasteiger partial charge is 0.325 e. The van der Waals surface area contributed by atoms with Crippen molar-refractivity contribution in [2.45, 2.75) is 4.87 Å². The summed E-state index contributed by atoms with van der Waals surface area (Å²) >= 11 is 7.45. The third-order valence-corrected chi connectivity index (χ3v) is 7.11. The number of carbonyl (C=O) groups excluding carboxylic acids is 3. The Labute approximate surface area is 194 Å². The van der Waals surface area contributed by atoms with Crippen LogP contribution in [0.5, 0.6) is 0 Å². The normalized spacial score (nSPS) is 19.5. The SMILES string of the molecule is O=C(CN1C(=O)[C@]2(SCC(=O)N2c2cccc(Cl)c2)c2ccccc21)Nc1ccccc1. The zero-order chi connectivity index (χ0) is 22.3. The Balaban J connectivity index is 1.54. The topological polar surface area (TPSA) is 69.7 Å². The average molecular weight is 464 g/mol. The molecular formula is C24H18ClN3O3S. The van der Waals surface area contributed by atoms with Gasteiger partial charge in [0.15, 0.2) is 0 Å². The molecule has 1 atom stereocenters. The van der Waals surface area contributed by atoms with Crippen LogP contribution in [0, 0.1) is 0 Å². The van der Waals surface area contributed by atoms with Gasteiger partial charge < -0.3 is 5.32 Å². The lowest BCUT2D eigenvalue weighted by Gasteiger charge is -2.33. The van der Waals surface area contributed by atoms with Gasteiger partial charge in [-0.15, -0.1) is 11.8 Å². The van der Waals surface area contributed by atoms with Crippen molar-refractivity contribution < 1.29 is 14.4 Å². The number of fused-ring (bicyclic) bond motifs is 2.